The molecular weight excluding hydrogens is 599 g/mol. The first kappa shape index (κ1) is 28.9. The number of fused-ring (bicyclic) bond motifs is 4. The second-order valence-electron chi connectivity index (χ2n) is 12.9. The fourth-order valence-electron chi connectivity index (χ4n) is 7.06. The average molecular weight is 630 g/mol. The third-order valence-corrected chi connectivity index (χ3v) is 9.55. The van der Waals surface area contributed by atoms with Crippen LogP contribution in [0.15, 0.2) is 152 Å². The molecule has 0 saturated carbocycles. The zero-order valence-electron chi connectivity index (χ0n) is 27.2. The average Bonchev–Trinajstić information content (AvgIpc) is 3.41. The Hall–Kier alpha value is -6.33. The zero-order valence-corrected chi connectivity index (χ0v) is 27.2. The van der Waals surface area contributed by atoms with Gasteiger partial charge in [-0.15, -0.1) is 0 Å². The van der Waals surface area contributed by atoms with Gasteiger partial charge in [-0.05, 0) is 34.4 Å². The van der Waals surface area contributed by atoms with Crippen molar-refractivity contribution in [2.24, 2.45) is 0 Å². The Morgan fingerprint density at radius 1 is 0.388 bits per heavy atom. The Bertz CT molecular complexity index is 2450. The molecule has 5 heteroatoms. The van der Waals surface area contributed by atoms with Gasteiger partial charge < -0.3 is 0 Å². The number of benzene rings is 6. The molecule has 1 aliphatic carbocycles. The molecule has 0 fully saturated rings. The van der Waals surface area contributed by atoms with Crippen molar-refractivity contribution in [3.63, 3.8) is 0 Å². The summed E-state index contributed by atoms with van der Waals surface area (Å²) in [6.45, 7) is 4.60. The highest BCUT2D eigenvalue weighted by Crippen LogP contribution is 2.53. The van der Waals surface area contributed by atoms with E-state index in [-0.39, 0.29) is 5.41 Å². The van der Waals surface area contributed by atoms with Crippen LogP contribution in [0.3, 0.4) is 0 Å². The molecule has 0 radical (unpaired) electrons. The molecule has 1 aliphatic rings. The largest absolute Gasteiger partial charge is 0.228 e. The predicted octanol–water partition coefficient (Wildman–Crippen LogP) is 10.5. The van der Waals surface area contributed by atoms with E-state index < -0.39 is 0 Å². The number of hydrogen-bond acceptors (Lipinski definition) is 5. The van der Waals surface area contributed by atoms with Gasteiger partial charge >= 0.3 is 0 Å². The van der Waals surface area contributed by atoms with Crippen LogP contribution in [0.2, 0.25) is 0 Å². The van der Waals surface area contributed by atoms with Crippen LogP contribution in [0.25, 0.3) is 78.8 Å². The molecule has 0 saturated heterocycles. The number of rotatable bonds is 5. The lowest BCUT2D eigenvalue weighted by molar-refractivity contribution is 0.660. The van der Waals surface area contributed by atoms with Crippen molar-refractivity contribution < 1.29 is 0 Å². The molecule has 0 N–H and O–H groups in total. The summed E-state index contributed by atoms with van der Waals surface area (Å²) in [7, 11) is 0. The summed E-state index contributed by atoms with van der Waals surface area (Å²) in [6.07, 6.45) is 0. The summed E-state index contributed by atoms with van der Waals surface area (Å²) in [5, 5.41) is 1.03. The normalized spacial score (nSPS) is 12.9. The van der Waals surface area contributed by atoms with Gasteiger partial charge in [-0.25, -0.2) is 24.9 Å². The topological polar surface area (TPSA) is 64.5 Å². The van der Waals surface area contributed by atoms with Crippen LogP contribution in [0.1, 0.15) is 25.0 Å². The van der Waals surface area contributed by atoms with E-state index in [2.05, 4.69) is 80.6 Å². The molecule has 5 nitrogen and oxygen atoms in total. The molecule has 9 rings (SSSR count). The summed E-state index contributed by atoms with van der Waals surface area (Å²) in [4.78, 5) is 25.2. The van der Waals surface area contributed by atoms with Crippen LogP contribution in [-0.4, -0.2) is 24.9 Å². The van der Waals surface area contributed by atoms with Gasteiger partial charge in [-0.3, -0.25) is 0 Å². The molecule has 232 valence electrons. The van der Waals surface area contributed by atoms with E-state index in [4.69, 9.17) is 24.9 Å². The van der Waals surface area contributed by atoms with Crippen molar-refractivity contribution >= 4 is 10.9 Å². The van der Waals surface area contributed by atoms with Gasteiger partial charge in [0.2, 0.25) is 0 Å². The summed E-state index contributed by atoms with van der Waals surface area (Å²) >= 11 is 0. The number of para-hydroxylation sites is 1. The van der Waals surface area contributed by atoms with Gasteiger partial charge in [0.05, 0.1) is 11.2 Å². The van der Waals surface area contributed by atoms with E-state index in [1.165, 1.54) is 22.3 Å². The van der Waals surface area contributed by atoms with E-state index in [1.807, 2.05) is 84.9 Å². The Balaban J connectivity index is 1.23. The second kappa shape index (κ2) is 11.4. The van der Waals surface area contributed by atoms with Crippen LogP contribution in [0.4, 0.5) is 0 Å². The highest BCUT2D eigenvalue weighted by Gasteiger charge is 2.38. The van der Waals surface area contributed by atoms with Crippen molar-refractivity contribution in [3.05, 3.63) is 163 Å². The maximum atomic E-state index is 5.24. The number of aromatic nitrogens is 5. The van der Waals surface area contributed by atoms with Gasteiger partial charge in [0.1, 0.15) is 0 Å². The van der Waals surface area contributed by atoms with Crippen LogP contribution in [-0.2, 0) is 5.41 Å². The molecule has 49 heavy (non-hydrogen) atoms. The highest BCUT2D eigenvalue weighted by molar-refractivity contribution is 6.01. The summed E-state index contributed by atoms with van der Waals surface area (Å²) in [5.74, 6) is 2.68. The smallest absolute Gasteiger partial charge is 0.164 e. The van der Waals surface area contributed by atoms with Gasteiger partial charge in [-0.1, -0.05) is 153 Å². The fourth-order valence-corrected chi connectivity index (χ4v) is 7.06. The van der Waals surface area contributed by atoms with Crippen molar-refractivity contribution in [2.45, 2.75) is 19.3 Å². The van der Waals surface area contributed by atoms with Crippen molar-refractivity contribution in [2.75, 3.05) is 0 Å². The Morgan fingerprint density at radius 3 is 1.53 bits per heavy atom. The monoisotopic (exact) mass is 629 g/mol. The van der Waals surface area contributed by atoms with Crippen LogP contribution in [0.5, 0.6) is 0 Å². The number of hydrogen-bond donors (Lipinski definition) is 0. The van der Waals surface area contributed by atoms with Crippen molar-refractivity contribution in [3.8, 4) is 67.9 Å². The Labute approximate surface area is 285 Å². The third kappa shape index (κ3) is 4.90. The van der Waals surface area contributed by atoms with E-state index in [9.17, 15) is 0 Å². The third-order valence-electron chi connectivity index (χ3n) is 9.55. The minimum atomic E-state index is -0.265. The molecule has 0 bridgehead atoms. The minimum absolute atomic E-state index is 0.265. The predicted molar refractivity (Wildman–Crippen MR) is 198 cm³/mol. The fraction of sp³-hybridized carbons (Fsp3) is 0.0682. The Kier molecular flexibility index (Phi) is 6.73. The van der Waals surface area contributed by atoms with Crippen molar-refractivity contribution in [1.29, 1.82) is 0 Å². The van der Waals surface area contributed by atoms with Gasteiger partial charge in [0, 0.05) is 38.6 Å². The van der Waals surface area contributed by atoms with Crippen LogP contribution >= 0.6 is 0 Å². The van der Waals surface area contributed by atoms with Gasteiger partial charge in [0.25, 0.3) is 0 Å². The second-order valence-corrected chi connectivity index (χ2v) is 12.9. The first-order valence-corrected chi connectivity index (χ1v) is 16.5. The van der Waals surface area contributed by atoms with Crippen molar-refractivity contribution in [1.82, 2.24) is 24.9 Å². The van der Waals surface area contributed by atoms with E-state index in [0.717, 1.165) is 50.2 Å². The number of nitrogens with zero attached hydrogens (tertiary/aromatic N) is 5. The van der Waals surface area contributed by atoms with Crippen LogP contribution in [0, 0.1) is 0 Å². The molecule has 0 atom stereocenters. The maximum absolute atomic E-state index is 5.24. The lowest BCUT2D eigenvalue weighted by atomic mass is 9.81. The molecule has 0 unspecified atom stereocenters. The highest BCUT2D eigenvalue weighted by atomic mass is 15.0. The summed E-state index contributed by atoms with van der Waals surface area (Å²) in [5.41, 5.74) is 11.5. The first-order chi connectivity index (χ1) is 24.0. The molecule has 6 aromatic carbocycles. The summed E-state index contributed by atoms with van der Waals surface area (Å²) < 4.78 is 0. The van der Waals surface area contributed by atoms with Gasteiger partial charge in [0.15, 0.2) is 23.3 Å². The first-order valence-electron chi connectivity index (χ1n) is 16.5. The molecule has 2 aromatic heterocycles. The molecular formula is C44H31N5. The Morgan fingerprint density at radius 2 is 0.918 bits per heavy atom. The lowest BCUT2D eigenvalue weighted by Gasteiger charge is -2.22. The SMILES string of the molecule is CC1(C)c2cc(-c3nc(-c4ccccc4)nc(-c4ccccc4)n3)ccc2-c2c(-c3nc(-c4ccccc4)nc4ccccc34)cccc21. The van der Waals surface area contributed by atoms with E-state index in [1.54, 1.807) is 0 Å². The minimum Gasteiger partial charge on any atom is -0.228 e. The molecule has 8 aromatic rings. The lowest BCUT2D eigenvalue weighted by Crippen LogP contribution is -2.15. The zero-order chi connectivity index (χ0) is 33.0. The molecule has 0 aliphatic heterocycles. The molecule has 0 spiro atoms. The van der Waals surface area contributed by atoms with Gasteiger partial charge in [-0.2, -0.15) is 0 Å². The molecule has 2 heterocycles. The van der Waals surface area contributed by atoms with E-state index >= 15 is 0 Å². The standard InChI is InChI=1S/C44H31N5/c1-44(2)35-23-14-22-34(39-33-21-12-13-24-37(33)45-40(46-39)28-15-6-3-7-16-28)38(35)32-26-25-31(27-36(32)44)43-48-41(29-17-8-4-9-18-29)47-42(49-43)30-19-10-5-11-20-30/h3-27H,1-2H3. The quantitative estimate of drug-likeness (QED) is 0.190. The molecule has 0 amide bonds. The van der Waals surface area contributed by atoms with Crippen LogP contribution < -0.4 is 0 Å². The maximum Gasteiger partial charge on any atom is 0.164 e. The summed E-state index contributed by atoms with van der Waals surface area (Å²) in [6, 6.07) is 52.0. The van der Waals surface area contributed by atoms with E-state index in [0.29, 0.717) is 17.5 Å².